The number of amides is 1. The van der Waals surface area contributed by atoms with Gasteiger partial charge in [0.1, 0.15) is 0 Å². The van der Waals surface area contributed by atoms with Crippen molar-refractivity contribution in [2.45, 2.75) is 32.0 Å². The molecule has 2 aromatic rings. The average molecular weight is 349 g/mol. The summed E-state index contributed by atoms with van der Waals surface area (Å²) in [5, 5.41) is 5.90. The number of aromatic nitrogens is 1. The van der Waals surface area contributed by atoms with E-state index in [1.807, 2.05) is 12.1 Å². The number of hydrogen-bond acceptors (Lipinski definition) is 3. The molecule has 3 rings (SSSR count). The van der Waals surface area contributed by atoms with Gasteiger partial charge in [-0.2, -0.15) is 13.2 Å². The first-order valence-electron chi connectivity index (χ1n) is 7.97. The van der Waals surface area contributed by atoms with Crippen LogP contribution in [-0.2, 0) is 13.0 Å². The highest BCUT2D eigenvalue weighted by Crippen LogP contribution is 2.25. The summed E-state index contributed by atoms with van der Waals surface area (Å²) in [5.41, 5.74) is 3.00. The minimum absolute atomic E-state index is 0.00812. The third-order valence-electron chi connectivity index (χ3n) is 4.16. The van der Waals surface area contributed by atoms with Gasteiger partial charge in [-0.15, -0.1) is 0 Å². The monoisotopic (exact) mass is 349 g/mol. The molecule has 1 aliphatic heterocycles. The van der Waals surface area contributed by atoms with Gasteiger partial charge in [0.2, 0.25) is 0 Å². The van der Waals surface area contributed by atoms with Crippen LogP contribution in [0.15, 0.2) is 36.7 Å². The van der Waals surface area contributed by atoms with E-state index in [2.05, 4.69) is 22.5 Å². The Kier molecular flexibility index (Phi) is 4.76. The molecule has 1 aliphatic rings. The van der Waals surface area contributed by atoms with E-state index in [1.165, 1.54) is 17.8 Å². The molecule has 7 heteroatoms. The first kappa shape index (κ1) is 17.4. The zero-order valence-electron chi connectivity index (χ0n) is 13.7. The Morgan fingerprint density at radius 2 is 2.12 bits per heavy atom. The molecule has 4 nitrogen and oxygen atoms in total. The number of carbonyl (C=O) groups excluding carboxylic acids is 1. The molecule has 2 heterocycles. The van der Waals surface area contributed by atoms with Gasteiger partial charge in [0, 0.05) is 24.8 Å². The van der Waals surface area contributed by atoms with Gasteiger partial charge in [-0.1, -0.05) is 13.0 Å². The van der Waals surface area contributed by atoms with Crippen molar-refractivity contribution in [2.24, 2.45) is 0 Å². The van der Waals surface area contributed by atoms with Crippen LogP contribution in [0.5, 0.6) is 0 Å². The average Bonchev–Trinajstić information content (AvgIpc) is 2.53. The Morgan fingerprint density at radius 3 is 2.88 bits per heavy atom. The molecule has 0 fully saturated rings. The van der Waals surface area contributed by atoms with E-state index in [0.717, 1.165) is 18.3 Å². The van der Waals surface area contributed by atoms with Crippen LogP contribution in [-0.4, -0.2) is 23.6 Å². The fourth-order valence-corrected chi connectivity index (χ4v) is 3.00. The zero-order chi connectivity index (χ0) is 18.0. The van der Waals surface area contributed by atoms with Crippen LogP contribution >= 0.6 is 0 Å². The molecule has 1 atom stereocenters. The lowest BCUT2D eigenvalue weighted by molar-refractivity contribution is -0.127. The molecular weight excluding hydrogens is 331 g/mol. The highest BCUT2D eigenvalue weighted by molar-refractivity contribution is 6.04. The van der Waals surface area contributed by atoms with Crippen LogP contribution in [0.4, 0.5) is 18.9 Å². The topological polar surface area (TPSA) is 54.0 Å². The molecule has 2 N–H and O–H groups in total. The third-order valence-corrected chi connectivity index (χ3v) is 4.16. The Hall–Kier alpha value is -2.41. The molecule has 1 aromatic carbocycles. The first-order valence-corrected chi connectivity index (χ1v) is 7.97. The van der Waals surface area contributed by atoms with Crippen LogP contribution in [0, 0.1) is 0 Å². The largest absolute Gasteiger partial charge is 0.393 e. The van der Waals surface area contributed by atoms with E-state index in [-0.39, 0.29) is 17.2 Å². The number of alkyl halides is 3. The smallest absolute Gasteiger partial charge is 0.321 e. The van der Waals surface area contributed by atoms with E-state index < -0.39 is 12.6 Å². The highest BCUT2D eigenvalue weighted by atomic mass is 19.4. The Morgan fingerprint density at radius 1 is 1.32 bits per heavy atom. The lowest BCUT2D eigenvalue weighted by atomic mass is 9.91. The zero-order valence-corrected chi connectivity index (χ0v) is 13.7. The molecule has 0 saturated heterocycles. The summed E-state index contributed by atoms with van der Waals surface area (Å²) in [4.78, 5) is 16.2. The van der Waals surface area contributed by atoms with Crippen LogP contribution < -0.4 is 10.6 Å². The van der Waals surface area contributed by atoms with Crippen LogP contribution in [0.1, 0.15) is 39.9 Å². The number of pyridine rings is 1. The van der Waals surface area contributed by atoms with Crippen molar-refractivity contribution in [1.29, 1.82) is 0 Å². The van der Waals surface area contributed by atoms with Crippen molar-refractivity contribution in [3.8, 4) is 0 Å². The van der Waals surface area contributed by atoms with Gasteiger partial charge in [0.15, 0.2) is 0 Å². The van der Waals surface area contributed by atoms with Gasteiger partial charge in [-0.05, 0) is 40.8 Å². The standard InChI is InChI=1S/C18H18F3N3O/c1-11-7-22-9-14-5-13(2-3-16(11)14)17(25)24-15-4-12(8-23-10-15)6-18(19,20)21/h2-5,8,10-11,22H,6-7,9H2,1H3,(H,24,25). The molecule has 25 heavy (non-hydrogen) atoms. The maximum absolute atomic E-state index is 12.5. The molecule has 0 saturated carbocycles. The summed E-state index contributed by atoms with van der Waals surface area (Å²) >= 11 is 0. The van der Waals surface area contributed by atoms with E-state index in [4.69, 9.17) is 0 Å². The lowest BCUT2D eigenvalue weighted by Gasteiger charge is -2.23. The number of nitrogens with one attached hydrogen (secondary N) is 2. The molecular formula is C18H18F3N3O. The summed E-state index contributed by atoms with van der Waals surface area (Å²) < 4.78 is 37.4. The predicted octanol–water partition coefficient (Wildman–Crippen LogP) is 3.65. The maximum atomic E-state index is 12.5. The summed E-state index contributed by atoms with van der Waals surface area (Å²) in [6.07, 6.45) is -2.91. The minimum atomic E-state index is -4.31. The van der Waals surface area contributed by atoms with Crippen molar-refractivity contribution < 1.29 is 18.0 Å². The van der Waals surface area contributed by atoms with E-state index >= 15 is 0 Å². The second-order valence-corrected chi connectivity index (χ2v) is 6.27. The van der Waals surface area contributed by atoms with Crippen molar-refractivity contribution in [3.63, 3.8) is 0 Å². The summed E-state index contributed by atoms with van der Waals surface area (Å²) in [6.45, 7) is 3.71. The van der Waals surface area contributed by atoms with Gasteiger partial charge in [0.05, 0.1) is 18.3 Å². The number of fused-ring (bicyclic) bond motifs is 1. The van der Waals surface area contributed by atoms with Crippen LogP contribution in [0.25, 0.3) is 0 Å². The number of benzene rings is 1. The van der Waals surface area contributed by atoms with Crippen molar-refractivity contribution in [2.75, 3.05) is 11.9 Å². The van der Waals surface area contributed by atoms with Crippen molar-refractivity contribution in [3.05, 3.63) is 58.9 Å². The van der Waals surface area contributed by atoms with Gasteiger partial charge in [-0.3, -0.25) is 9.78 Å². The van der Waals surface area contributed by atoms with Crippen LogP contribution in [0.2, 0.25) is 0 Å². The fourth-order valence-electron chi connectivity index (χ4n) is 3.00. The SMILES string of the molecule is CC1CNCc2cc(C(=O)Nc3cncc(CC(F)(F)F)c3)ccc21. The van der Waals surface area contributed by atoms with Gasteiger partial charge in [-0.25, -0.2) is 0 Å². The molecule has 0 aliphatic carbocycles. The van der Waals surface area contributed by atoms with E-state index in [0.29, 0.717) is 18.0 Å². The molecule has 132 valence electrons. The van der Waals surface area contributed by atoms with Gasteiger partial charge >= 0.3 is 6.18 Å². The fraction of sp³-hybridized carbons (Fsp3) is 0.333. The number of nitrogens with zero attached hydrogens (tertiary/aromatic N) is 1. The third kappa shape index (κ3) is 4.36. The number of rotatable bonds is 3. The van der Waals surface area contributed by atoms with E-state index in [1.54, 1.807) is 6.07 Å². The second-order valence-electron chi connectivity index (χ2n) is 6.27. The maximum Gasteiger partial charge on any atom is 0.393 e. The predicted molar refractivity (Wildman–Crippen MR) is 88.5 cm³/mol. The molecule has 0 spiro atoms. The Bertz CT molecular complexity index is 789. The molecule has 0 bridgehead atoms. The second kappa shape index (κ2) is 6.84. The summed E-state index contributed by atoms with van der Waals surface area (Å²) in [6, 6.07) is 6.79. The number of hydrogen-bond donors (Lipinski definition) is 2. The Balaban J connectivity index is 1.75. The quantitative estimate of drug-likeness (QED) is 0.889. The molecule has 1 amide bonds. The van der Waals surface area contributed by atoms with E-state index in [9.17, 15) is 18.0 Å². The number of anilines is 1. The van der Waals surface area contributed by atoms with Gasteiger partial charge < -0.3 is 10.6 Å². The Labute approximate surface area is 143 Å². The van der Waals surface area contributed by atoms with Gasteiger partial charge in [0.25, 0.3) is 5.91 Å². The number of carbonyl (C=O) groups is 1. The van der Waals surface area contributed by atoms with Crippen molar-refractivity contribution >= 4 is 11.6 Å². The molecule has 1 unspecified atom stereocenters. The molecule has 1 aromatic heterocycles. The summed E-state index contributed by atoms with van der Waals surface area (Å²) in [7, 11) is 0. The lowest BCUT2D eigenvalue weighted by Crippen LogP contribution is -2.27. The molecule has 0 radical (unpaired) electrons. The van der Waals surface area contributed by atoms with Crippen molar-refractivity contribution in [1.82, 2.24) is 10.3 Å². The minimum Gasteiger partial charge on any atom is -0.321 e. The van der Waals surface area contributed by atoms with Crippen LogP contribution in [0.3, 0.4) is 0 Å². The normalized spacial score (nSPS) is 17.0. The first-order chi connectivity index (χ1) is 11.8. The summed E-state index contributed by atoms with van der Waals surface area (Å²) in [5.74, 6) is 0.0103. The highest BCUT2D eigenvalue weighted by Gasteiger charge is 2.28. The number of halogens is 3.